The summed E-state index contributed by atoms with van der Waals surface area (Å²) in [5.41, 5.74) is 1.71. The summed E-state index contributed by atoms with van der Waals surface area (Å²) in [7, 11) is 0. The molecule has 2 heterocycles. The molecule has 8 nitrogen and oxygen atoms in total. The zero-order valence-electron chi connectivity index (χ0n) is 17.5. The first-order valence-corrected chi connectivity index (χ1v) is 11.2. The Morgan fingerprint density at radius 1 is 1.00 bits per heavy atom. The van der Waals surface area contributed by atoms with Crippen LogP contribution in [0.4, 0.5) is 13.2 Å². The highest BCUT2D eigenvalue weighted by Gasteiger charge is 2.31. The number of tetrazole rings is 1. The number of hydrogen-bond acceptors (Lipinski definition) is 7. The molecule has 4 rings (SSSR count). The molecule has 0 N–H and O–H groups in total. The van der Waals surface area contributed by atoms with Crippen LogP contribution in [0.25, 0.3) is 5.69 Å². The second kappa shape index (κ2) is 10.2. The van der Waals surface area contributed by atoms with Gasteiger partial charge >= 0.3 is 6.36 Å². The molecule has 1 fully saturated rings. The number of carbonyl (C=O) groups is 1. The molecule has 12 heteroatoms. The number of benzene rings is 2. The number of carbonyl (C=O) groups excluding carboxylic acids is 1. The number of alkyl halides is 3. The molecule has 2 aromatic carbocycles. The summed E-state index contributed by atoms with van der Waals surface area (Å²) in [6.07, 6.45) is -4.76. The predicted octanol–water partition coefficient (Wildman–Crippen LogP) is 3.00. The van der Waals surface area contributed by atoms with Crippen LogP contribution in [0, 0.1) is 0 Å². The Morgan fingerprint density at radius 2 is 1.70 bits per heavy atom. The van der Waals surface area contributed by atoms with Crippen LogP contribution in [-0.4, -0.2) is 74.2 Å². The molecule has 0 atom stereocenters. The van der Waals surface area contributed by atoms with E-state index < -0.39 is 6.36 Å². The highest BCUT2D eigenvalue weighted by molar-refractivity contribution is 7.99. The summed E-state index contributed by atoms with van der Waals surface area (Å²) < 4.78 is 42.2. The summed E-state index contributed by atoms with van der Waals surface area (Å²) in [4.78, 5) is 16.8. The van der Waals surface area contributed by atoms with Crippen LogP contribution in [0.3, 0.4) is 0 Å². The molecular weight excluding hydrogens is 457 g/mol. The van der Waals surface area contributed by atoms with Gasteiger partial charge in [-0.3, -0.25) is 9.69 Å². The van der Waals surface area contributed by atoms with Gasteiger partial charge in [-0.15, -0.1) is 18.3 Å². The van der Waals surface area contributed by atoms with Gasteiger partial charge in [0.25, 0.3) is 0 Å². The average Bonchev–Trinajstić information content (AvgIpc) is 3.27. The van der Waals surface area contributed by atoms with E-state index in [-0.39, 0.29) is 17.4 Å². The first kappa shape index (κ1) is 23.1. The lowest BCUT2D eigenvalue weighted by Crippen LogP contribution is -2.48. The molecular formula is C21H21F3N6O2S. The van der Waals surface area contributed by atoms with Crippen molar-refractivity contribution in [2.24, 2.45) is 0 Å². The van der Waals surface area contributed by atoms with Crippen molar-refractivity contribution in [3.8, 4) is 11.4 Å². The van der Waals surface area contributed by atoms with E-state index in [1.54, 1.807) is 0 Å². The summed E-state index contributed by atoms with van der Waals surface area (Å²) in [6.45, 7) is 3.76. The van der Waals surface area contributed by atoms with Crippen molar-refractivity contribution in [2.45, 2.75) is 18.1 Å². The number of ether oxygens (including phenoxy) is 1. The molecule has 0 unspecified atom stereocenters. The molecule has 0 bridgehead atoms. The number of hydrogen-bond donors (Lipinski definition) is 0. The Kier molecular flexibility index (Phi) is 7.14. The summed E-state index contributed by atoms with van der Waals surface area (Å²) in [5, 5.41) is 11.8. The fourth-order valence-corrected chi connectivity index (χ4v) is 4.23. The Bertz CT molecular complexity index is 1050. The topological polar surface area (TPSA) is 76.4 Å². The summed E-state index contributed by atoms with van der Waals surface area (Å²) >= 11 is 1.18. The van der Waals surface area contributed by atoms with Crippen LogP contribution in [0.15, 0.2) is 59.8 Å². The second-order valence-corrected chi connectivity index (χ2v) is 8.29. The standard InChI is InChI=1S/C21H21F3N6O2S/c22-21(23,24)32-18-8-6-17(7-9-18)30-20(25-26-27-30)33-15-19(31)29-12-10-28(11-13-29)14-16-4-2-1-3-5-16/h1-9H,10-15H2. The summed E-state index contributed by atoms with van der Waals surface area (Å²) in [5.74, 6) is -0.188. The predicted molar refractivity (Wildman–Crippen MR) is 115 cm³/mol. The van der Waals surface area contributed by atoms with E-state index in [9.17, 15) is 18.0 Å². The molecule has 3 aromatic rings. The summed E-state index contributed by atoms with van der Waals surface area (Å²) in [6, 6.07) is 15.4. The van der Waals surface area contributed by atoms with E-state index in [2.05, 4.69) is 37.3 Å². The van der Waals surface area contributed by atoms with Crippen LogP contribution < -0.4 is 4.74 Å². The van der Waals surface area contributed by atoms with Gasteiger partial charge in [0.1, 0.15) is 5.75 Å². The number of piperazine rings is 1. The monoisotopic (exact) mass is 478 g/mol. The Labute approximate surface area is 192 Å². The maximum absolute atomic E-state index is 12.7. The Balaban J connectivity index is 1.28. The molecule has 1 aromatic heterocycles. The maximum Gasteiger partial charge on any atom is 0.573 e. The van der Waals surface area contributed by atoms with Crippen LogP contribution >= 0.6 is 11.8 Å². The van der Waals surface area contributed by atoms with E-state index in [1.807, 2.05) is 23.1 Å². The third-order valence-electron chi connectivity index (χ3n) is 5.05. The molecule has 0 spiro atoms. The van der Waals surface area contributed by atoms with Gasteiger partial charge in [0.2, 0.25) is 11.1 Å². The van der Waals surface area contributed by atoms with Gasteiger partial charge in [0.05, 0.1) is 11.4 Å². The van der Waals surface area contributed by atoms with E-state index in [0.717, 1.165) is 19.6 Å². The minimum Gasteiger partial charge on any atom is -0.406 e. The van der Waals surface area contributed by atoms with Crippen molar-refractivity contribution in [3.05, 3.63) is 60.2 Å². The number of halogens is 3. The lowest BCUT2D eigenvalue weighted by atomic mass is 10.2. The molecule has 0 radical (unpaired) electrons. The van der Waals surface area contributed by atoms with Crippen molar-refractivity contribution in [2.75, 3.05) is 31.9 Å². The SMILES string of the molecule is O=C(CSc1nnnn1-c1ccc(OC(F)(F)F)cc1)N1CCN(Cc2ccccc2)CC1. The zero-order chi connectivity index (χ0) is 23.3. The normalized spacial score (nSPS) is 14.9. The smallest absolute Gasteiger partial charge is 0.406 e. The van der Waals surface area contributed by atoms with E-state index >= 15 is 0 Å². The minimum absolute atomic E-state index is 0.0113. The largest absolute Gasteiger partial charge is 0.573 e. The van der Waals surface area contributed by atoms with Crippen molar-refractivity contribution >= 4 is 17.7 Å². The van der Waals surface area contributed by atoms with Gasteiger partial charge in [-0.1, -0.05) is 42.1 Å². The van der Waals surface area contributed by atoms with Crippen LogP contribution in [0.1, 0.15) is 5.56 Å². The van der Waals surface area contributed by atoms with E-state index in [1.165, 1.54) is 46.3 Å². The molecule has 33 heavy (non-hydrogen) atoms. The molecule has 174 valence electrons. The molecule has 1 amide bonds. The van der Waals surface area contributed by atoms with Crippen molar-refractivity contribution in [3.63, 3.8) is 0 Å². The molecule has 0 aliphatic carbocycles. The quantitative estimate of drug-likeness (QED) is 0.483. The van der Waals surface area contributed by atoms with E-state index in [0.29, 0.717) is 23.9 Å². The van der Waals surface area contributed by atoms with Crippen LogP contribution in [0.5, 0.6) is 5.75 Å². The van der Waals surface area contributed by atoms with Gasteiger partial charge in [0.15, 0.2) is 0 Å². The third-order valence-corrected chi connectivity index (χ3v) is 5.96. The molecule has 1 aliphatic heterocycles. The molecule has 0 saturated carbocycles. The number of thioether (sulfide) groups is 1. The first-order chi connectivity index (χ1) is 15.9. The van der Waals surface area contributed by atoms with Gasteiger partial charge in [-0.05, 0) is 40.3 Å². The first-order valence-electron chi connectivity index (χ1n) is 10.2. The third kappa shape index (κ3) is 6.45. The van der Waals surface area contributed by atoms with Crippen molar-refractivity contribution < 1.29 is 22.7 Å². The maximum atomic E-state index is 12.7. The van der Waals surface area contributed by atoms with Gasteiger partial charge in [-0.2, -0.15) is 4.68 Å². The Hall–Kier alpha value is -3.12. The molecule has 1 saturated heterocycles. The van der Waals surface area contributed by atoms with Gasteiger partial charge in [-0.25, -0.2) is 0 Å². The fourth-order valence-electron chi connectivity index (χ4n) is 3.43. The zero-order valence-corrected chi connectivity index (χ0v) is 18.3. The Morgan fingerprint density at radius 3 is 2.36 bits per heavy atom. The number of amides is 1. The lowest BCUT2D eigenvalue weighted by molar-refractivity contribution is -0.274. The van der Waals surface area contributed by atoms with Crippen molar-refractivity contribution in [1.82, 2.24) is 30.0 Å². The fraction of sp³-hybridized carbons (Fsp3) is 0.333. The highest BCUT2D eigenvalue weighted by atomic mass is 32.2. The van der Waals surface area contributed by atoms with Crippen LogP contribution in [-0.2, 0) is 11.3 Å². The number of rotatable bonds is 7. The lowest BCUT2D eigenvalue weighted by Gasteiger charge is -2.34. The highest BCUT2D eigenvalue weighted by Crippen LogP contribution is 2.25. The van der Waals surface area contributed by atoms with Crippen LogP contribution in [0.2, 0.25) is 0 Å². The average molecular weight is 479 g/mol. The van der Waals surface area contributed by atoms with Gasteiger partial charge in [0, 0.05) is 32.7 Å². The number of aromatic nitrogens is 4. The van der Waals surface area contributed by atoms with E-state index in [4.69, 9.17) is 0 Å². The minimum atomic E-state index is -4.76. The van der Waals surface area contributed by atoms with Gasteiger partial charge < -0.3 is 9.64 Å². The second-order valence-electron chi connectivity index (χ2n) is 7.35. The number of nitrogens with zero attached hydrogens (tertiary/aromatic N) is 6. The molecule has 1 aliphatic rings. The van der Waals surface area contributed by atoms with Crippen molar-refractivity contribution in [1.29, 1.82) is 0 Å².